The van der Waals surface area contributed by atoms with E-state index < -0.39 is 0 Å². The lowest BCUT2D eigenvalue weighted by atomic mass is 10.1. The van der Waals surface area contributed by atoms with E-state index in [0.717, 1.165) is 26.2 Å². The van der Waals surface area contributed by atoms with Gasteiger partial charge in [0.1, 0.15) is 0 Å². The Morgan fingerprint density at radius 1 is 1.35 bits per heavy atom. The summed E-state index contributed by atoms with van der Waals surface area (Å²) in [5, 5.41) is 0. The fourth-order valence-corrected chi connectivity index (χ4v) is 2.63. The van der Waals surface area contributed by atoms with Crippen molar-refractivity contribution in [2.45, 2.75) is 32.5 Å². The lowest BCUT2D eigenvalue weighted by molar-refractivity contribution is -0.0153. The molecule has 0 bridgehead atoms. The molecule has 2 rings (SSSR count). The third-order valence-electron chi connectivity index (χ3n) is 3.87. The summed E-state index contributed by atoms with van der Waals surface area (Å²) >= 11 is 0. The zero-order chi connectivity index (χ0) is 14.5. The molecule has 0 saturated carbocycles. The highest BCUT2D eigenvalue weighted by Gasteiger charge is 2.22. The molecule has 20 heavy (non-hydrogen) atoms. The van der Waals surface area contributed by atoms with Crippen LogP contribution in [0.25, 0.3) is 0 Å². The lowest BCUT2D eigenvalue weighted by Crippen LogP contribution is -2.47. The van der Waals surface area contributed by atoms with Crippen molar-refractivity contribution >= 4 is 5.69 Å². The second-order valence-corrected chi connectivity index (χ2v) is 5.87. The van der Waals surface area contributed by atoms with Crippen LogP contribution < -0.4 is 10.6 Å². The second-order valence-electron chi connectivity index (χ2n) is 5.87. The van der Waals surface area contributed by atoms with Crippen molar-refractivity contribution in [3.63, 3.8) is 0 Å². The van der Waals surface area contributed by atoms with E-state index in [2.05, 4.69) is 55.0 Å². The normalized spacial score (nSPS) is 20.4. The van der Waals surface area contributed by atoms with E-state index >= 15 is 0 Å². The lowest BCUT2D eigenvalue weighted by Gasteiger charge is -2.37. The fourth-order valence-electron chi connectivity index (χ4n) is 2.63. The van der Waals surface area contributed by atoms with Crippen LogP contribution in [0, 0.1) is 0 Å². The molecule has 1 unspecified atom stereocenters. The van der Waals surface area contributed by atoms with Crippen LogP contribution in [0.3, 0.4) is 0 Å². The first-order chi connectivity index (χ1) is 9.60. The van der Waals surface area contributed by atoms with Crippen molar-refractivity contribution in [2.75, 3.05) is 38.2 Å². The Balaban J connectivity index is 2.05. The molecule has 112 valence electrons. The van der Waals surface area contributed by atoms with Crippen LogP contribution in [0.2, 0.25) is 0 Å². The van der Waals surface area contributed by atoms with Gasteiger partial charge in [0.2, 0.25) is 0 Å². The standard InChI is InChI=1S/C16H27N3O/c1-13(2)19(12-16-11-18(3)8-9-20-16)15-6-4-14(10-17)5-7-15/h4-7,13,16H,8-12,17H2,1-3H3. The summed E-state index contributed by atoms with van der Waals surface area (Å²) in [5.74, 6) is 0. The van der Waals surface area contributed by atoms with Crippen LogP contribution in [0.4, 0.5) is 5.69 Å². The van der Waals surface area contributed by atoms with Crippen molar-refractivity contribution in [3.8, 4) is 0 Å². The number of ether oxygens (including phenoxy) is 1. The molecule has 1 fully saturated rings. The molecular weight excluding hydrogens is 250 g/mol. The van der Waals surface area contributed by atoms with Crippen LogP contribution in [0.5, 0.6) is 0 Å². The van der Waals surface area contributed by atoms with Gasteiger partial charge in [-0.1, -0.05) is 12.1 Å². The van der Waals surface area contributed by atoms with E-state index in [-0.39, 0.29) is 6.10 Å². The molecule has 4 nitrogen and oxygen atoms in total. The fraction of sp³-hybridized carbons (Fsp3) is 0.625. The SMILES string of the molecule is CC(C)N(CC1CN(C)CCO1)c1ccc(CN)cc1. The Morgan fingerprint density at radius 3 is 2.60 bits per heavy atom. The van der Waals surface area contributed by atoms with Gasteiger partial charge in [-0.05, 0) is 38.6 Å². The van der Waals surface area contributed by atoms with Crippen LogP contribution in [-0.2, 0) is 11.3 Å². The van der Waals surface area contributed by atoms with Gasteiger partial charge in [-0.25, -0.2) is 0 Å². The number of nitrogens with two attached hydrogens (primary N) is 1. The molecule has 0 aliphatic carbocycles. The quantitative estimate of drug-likeness (QED) is 0.889. The third kappa shape index (κ3) is 3.95. The summed E-state index contributed by atoms with van der Waals surface area (Å²) in [4.78, 5) is 4.74. The first-order valence-electron chi connectivity index (χ1n) is 7.46. The van der Waals surface area contributed by atoms with E-state index in [1.807, 2.05) is 0 Å². The van der Waals surface area contributed by atoms with Gasteiger partial charge in [0, 0.05) is 37.9 Å². The van der Waals surface area contributed by atoms with E-state index in [4.69, 9.17) is 10.5 Å². The van der Waals surface area contributed by atoms with Crippen LogP contribution >= 0.6 is 0 Å². The number of anilines is 1. The highest BCUT2D eigenvalue weighted by atomic mass is 16.5. The smallest absolute Gasteiger partial charge is 0.0877 e. The first-order valence-corrected chi connectivity index (χ1v) is 7.46. The Hall–Kier alpha value is -1.10. The number of hydrogen-bond acceptors (Lipinski definition) is 4. The second kappa shape index (κ2) is 7.07. The minimum absolute atomic E-state index is 0.283. The highest BCUT2D eigenvalue weighted by Crippen LogP contribution is 2.19. The molecule has 1 atom stereocenters. The summed E-state index contributed by atoms with van der Waals surface area (Å²) < 4.78 is 5.89. The molecule has 1 heterocycles. The number of rotatable bonds is 5. The highest BCUT2D eigenvalue weighted by molar-refractivity contribution is 5.48. The van der Waals surface area contributed by atoms with Crippen LogP contribution in [0.15, 0.2) is 24.3 Å². The molecule has 1 aromatic rings. The summed E-state index contributed by atoms with van der Waals surface area (Å²) in [6.07, 6.45) is 0.283. The van der Waals surface area contributed by atoms with Crippen LogP contribution in [-0.4, -0.2) is 50.3 Å². The number of benzene rings is 1. The average molecular weight is 277 g/mol. The minimum atomic E-state index is 0.283. The number of likely N-dealkylation sites (N-methyl/N-ethyl adjacent to an activating group) is 1. The summed E-state index contributed by atoms with van der Waals surface area (Å²) in [5.41, 5.74) is 8.08. The Morgan fingerprint density at radius 2 is 2.05 bits per heavy atom. The number of morpholine rings is 1. The minimum Gasteiger partial charge on any atom is -0.374 e. The molecule has 0 spiro atoms. The van der Waals surface area contributed by atoms with Crippen molar-refractivity contribution < 1.29 is 4.74 Å². The molecule has 1 aliphatic rings. The van der Waals surface area contributed by atoms with Crippen molar-refractivity contribution in [3.05, 3.63) is 29.8 Å². The van der Waals surface area contributed by atoms with Crippen molar-refractivity contribution in [1.82, 2.24) is 4.90 Å². The molecule has 1 saturated heterocycles. The average Bonchev–Trinajstić information content (AvgIpc) is 2.45. The molecule has 2 N–H and O–H groups in total. The summed E-state index contributed by atoms with van der Waals surface area (Å²) in [6, 6.07) is 9.00. The van der Waals surface area contributed by atoms with Gasteiger partial charge in [-0.3, -0.25) is 0 Å². The Labute approximate surface area is 122 Å². The largest absolute Gasteiger partial charge is 0.374 e. The number of nitrogens with zero attached hydrogens (tertiary/aromatic N) is 2. The topological polar surface area (TPSA) is 41.7 Å². The molecule has 1 aromatic carbocycles. The third-order valence-corrected chi connectivity index (χ3v) is 3.87. The predicted octanol–water partition coefficient (Wildman–Crippen LogP) is 1.69. The molecule has 0 aromatic heterocycles. The molecular formula is C16H27N3O. The van der Waals surface area contributed by atoms with Crippen molar-refractivity contribution in [2.24, 2.45) is 5.73 Å². The van der Waals surface area contributed by atoms with Gasteiger partial charge >= 0.3 is 0 Å². The summed E-state index contributed by atoms with van der Waals surface area (Å²) in [6.45, 7) is 8.85. The molecule has 1 aliphatic heterocycles. The monoisotopic (exact) mass is 277 g/mol. The Kier molecular flexibility index (Phi) is 5.40. The maximum Gasteiger partial charge on any atom is 0.0877 e. The molecule has 0 amide bonds. The molecule has 0 radical (unpaired) electrons. The van der Waals surface area contributed by atoms with Gasteiger partial charge < -0.3 is 20.3 Å². The summed E-state index contributed by atoms with van der Waals surface area (Å²) in [7, 11) is 2.16. The zero-order valence-electron chi connectivity index (χ0n) is 12.9. The number of hydrogen-bond donors (Lipinski definition) is 1. The Bertz CT molecular complexity index is 405. The van der Waals surface area contributed by atoms with Gasteiger partial charge in [-0.15, -0.1) is 0 Å². The predicted molar refractivity (Wildman–Crippen MR) is 84.1 cm³/mol. The van der Waals surface area contributed by atoms with E-state index in [1.54, 1.807) is 0 Å². The van der Waals surface area contributed by atoms with Gasteiger partial charge in [0.25, 0.3) is 0 Å². The maximum absolute atomic E-state index is 5.89. The first kappa shape index (κ1) is 15.3. The van der Waals surface area contributed by atoms with Gasteiger partial charge in [0.05, 0.1) is 12.7 Å². The van der Waals surface area contributed by atoms with Crippen molar-refractivity contribution in [1.29, 1.82) is 0 Å². The van der Waals surface area contributed by atoms with Crippen LogP contribution in [0.1, 0.15) is 19.4 Å². The van der Waals surface area contributed by atoms with E-state index in [9.17, 15) is 0 Å². The zero-order valence-corrected chi connectivity index (χ0v) is 12.9. The molecule has 4 heteroatoms. The van der Waals surface area contributed by atoms with Gasteiger partial charge in [-0.2, -0.15) is 0 Å². The maximum atomic E-state index is 5.89. The van der Waals surface area contributed by atoms with E-state index in [0.29, 0.717) is 12.6 Å². The van der Waals surface area contributed by atoms with Gasteiger partial charge in [0.15, 0.2) is 0 Å². The van der Waals surface area contributed by atoms with E-state index in [1.165, 1.54) is 11.3 Å².